The van der Waals surface area contributed by atoms with E-state index in [0.717, 1.165) is 29.2 Å². The Hall–Kier alpha value is -2.04. The lowest BCUT2D eigenvalue weighted by molar-refractivity contribution is 0.0949. The van der Waals surface area contributed by atoms with Crippen LogP contribution in [-0.2, 0) is 18.4 Å². The van der Waals surface area contributed by atoms with E-state index in [-0.39, 0.29) is 11.3 Å². The number of aromatic nitrogens is 1. The molecule has 5 nitrogen and oxygen atoms in total. The van der Waals surface area contributed by atoms with Gasteiger partial charge in [-0.2, -0.15) is 0 Å². The van der Waals surface area contributed by atoms with Crippen LogP contribution in [0, 0.1) is 13.8 Å². The molecule has 0 unspecified atom stereocenters. The third-order valence-corrected chi connectivity index (χ3v) is 3.73. The van der Waals surface area contributed by atoms with Crippen molar-refractivity contribution in [3.63, 3.8) is 0 Å². The first-order chi connectivity index (χ1) is 10.2. The van der Waals surface area contributed by atoms with Gasteiger partial charge in [0.15, 0.2) is 0 Å². The van der Waals surface area contributed by atoms with Crippen LogP contribution in [-0.4, -0.2) is 11.1 Å². The van der Waals surface area contributed by atoms with Gasteiger partial charge in [-0.25, -0.2) is 0 Å². The number of hydrogen-bond donors (Lipinski definition) is 1. The number of rotatable bonds is 4. The molecule has 0 aromatic carbocycles. The quantitative estimate of drug-likeness (QED) is 0.935. The molecule has 0 aliphatic rings. The highest BCUT2D eigenvalue weighted by atomic mass is 16.5. The number of nitrogens with zero attached hydrogens (tertiary/aromatic N) is 1. The van der Waals surface area contributed by atoms with Gasteiger partial charge in [-0.3, -0.25) is 4.79 Å². The third-order valence-electron chi connectivity index (χ3n) is 3.73. The lowest BCUT2D eigenvalue weighted by Gasteiger charge is -2.13. The number of carbonyl (C=O) groups excluding carboxylic acids is 1. The molecule has 2 heterocycles. The van der Waals surface area contributed by atoms with Crippen LogP contribution in [0.25, 0.3) is 0 Å². The smallest absolute Gasteiger partial charge is 0.255 e. The average Bonchev–Trinajstić information content (AvgIpc) is 2.99. The SMILES string of the molecule is CCc1noc(C)c1CNC(=O)c1cc(C(C)(C)C)oc1C. The Bertz CT molecular complexity index is 675. The monoisotopic (exact) mass is 304 g/mol. The predicted molar refractivity (Wildman–Crippen MR) is 83.9 cm³/mol. The maximum absolute atomic E-state index is 12.4. The Labute approximate surface area is 131 Å². The second kappa shape index (κ2) is 5.99. The van der Waals surface area contributed by atoms with Crippen LogP contribution >= 0.6 is 0 Å². The Morgan fingerprint density at radius 3 is 2.50 bits per heavy atom. The van der Waals surface area contributed by atoms with E-state index >= 15 is 0 Å². The second-order valence-corrected chi connectivity index (χ2v) is 6.53. The molecule has 1 N–H and O–H groups in total. The molecule has 1 amide bonds. The fraction of sp³-hybridized carbons (Fsp3) is 0.529. The molecular formula is C17H24N2O3. The Morgan fingerprint density at radius 1 is 1.27 bits per heavy atom. The van der Waals surface area contributed by atoms with Gasteiger partial charge < -0.3 is 14.3 Å². The summed E-state index contributed by atoms with van der Waals surface area (Å²) in [6.45, 7) is 12.3. The van der Waals surface area contributed by atoms with E-state index in [9.17, 15) is 4.79 Å². The van der Waals surface area contributed by atoms with E-state index in [2.05, 4.69) is 31.2 Å². The van der Waals surface area contributed by atoms with Gasteiger partial charge in [0.2, 0.25) is 0 Å². The molecule has 2 aromatic heterocycles. The standard InChI is InChI=1S/C17H24N2O3/c1-7-14-13(11(3)22-19-14)9-18-16(20)12-8-15(17(4,5)6)21-10(12)2/h8H,7,9H2,1-6H3,(H,18,20). The molecule has 0 aliphatic heterocycles. The summed E-state index contributed by atoms with van der Waals surface area (Å²) in [5.41, 5.74) is 2.30. The number of carbonyl (C=O) groups is 1. The summed E-state index contributed by atoms with van der Waals surface area (Å²) < 4.78 is 10.9. The van der Waals surface area contributed by atoms with Crippen LogP contribution in [0.3, 0.4) is 0 Å². The molecule has 2 rings (SSSR count). The molecule has 22 heavy (non-hydrogen) atoms. The summed E-state index contributed by atoms with van der Waals surface area (Å²) in [6, 6.07) is 1.83. The Kier molecular flexibility index (Phi) is 4.44. The van der Waals surface area contributed by atoms with Crippen molar-refractivity contribution in [3.8, 4) is 0 Å². The molecule has 0 bridgehead atoms. The Morgan fingerprint density at radius 2 is 1.95 bits per heavy atom. The van der Waals surface area contributed by atoms with Crippen molar-refractivity contribution < 1.29 is 13.7 Å². The van der Waals surface area contributed by atoms with Gasteiger partial charge in [-0.05, 0) is 26.3 Å². The summed E-state index contributed by atoms with van der Waals surface area (Å²) in [7, 11) is 0. The van der Waals surface area contributed by atoms with Crippen LogP contribution in [0.1, 0.15) is 66.6 Å². The van der Waals surface area contributed by atoms with Crippen LogP contribution < -0.4 is 5.32 Å². The van der Waals surface area contributed by atoms with Crippen molar-refractivity contribution in [2.75, 3.05) is 0 Å². The first-order valence-electron chi connectivity index (χ1n) is 7.57. The highest BCUT2D eigenvalue weighted by molar-refractivity contribution is 5.95. The fourth-order valence-corrected chi connectivity index (χ4v) is 2.28. The van der Waals surface area contributed by atoms with Crippen LogP contribution in [0.5, 0.6) is 0 Å². The molecule has 0 radical (unpaired) electrons. The van der Waals surface area contributed by atoms with E-state index in [0.29, 0.717) is 17.9 Å². The summed E-state index contributed by atoms with van der Waals surface area (Å²) in [6.07, 6.45) is 0.779. The maximum atomic E-state index is 12.4. The van der Waals surface area contributed by atoms with E-state index < -0.39 is 0 Å². The summed E-state index contributed by atoms with van der Waals surface area (Å²) >= 11 is 0. The number of amides is 1. The number of hydrogen-bond acceptors (Lipinski definition) is 4. The lowest BCUT2D eigenvalue weighted by atomic mass is 9.93. The van der Waals surface area contributed by atoms with E-state index in [1.165, 1.54) is 0 Å². The van der Waals surface area contributed by atoms with Gasteiger partial charge in [0.1, 0.15) is 17.3 Å². The zero-order valence-electron chi connectivity index (χ0n) is 14.2. The zero-order chi connectivity index (χ0) is 16.5. The molecule has 0 saturated carbocycles. The summed E-state index contributed by atoms with van der Waals surface area (Å²) in [5.74, 6) is 2.06. The average molecular weight is 304 g/mol. The first-order valence-corrected chi connectivity index (χ1v) is 7.57. The second-order valence-electron chi connectivity index (χ2n) is 6.53. The first kappa shape index (κ1) is 16.3. The van der Waals surface area contributed by atoms with Gasteiger partial charge in [-0.1, -0.05) is 32.9 Å². The summed E-state index contributed by atoms with van der Waals surface area (Å²) in [4.78, 5) is 12.4. The molecule has 0 atom stereocenters. The minimum atomic E-state index is -0.139. The molecule has 0 spiro atoms. The number of aryl methyl sites for hydroxylation is 3. The van der Waals surface area contributed by atoms with Gasteiger partial charge >= 0.3 is 0 Å². The van der Waals surface area contributed by atoms with E-state index in [1.807, 2.05) is 26.8 Å². The predicted octanol–water partition coefficient (Wildman–Crippen LogP) is 3.67. The number of furan rings is 1. The molecule has 0 aliphatic carbocycles. The Balaban J connectivity index is 2.13. The molecule has 0 saturated heterocycles. The van der Waals surface area contributed by atoms with Crippen molar-refractivity contribution in [3.05, 3.63) is 40.2 Å². The minimum Gasteiger partial charge on any atom is -0.465 e. The topological polar surface area (TPSA) is 68.3 Å². The normalized spacial score (nSPS) is 11.7. The van der Waals surface area contributed by atoms with Crippen molar-refractivity contribution in [1.82, 2.24) is 10.5 Å². The van der Waals surface area contributed by atoms with Gasteiger partial charge in [0.05, 0.1) is 11.3 Å². The fourth-order valence-electron chi connectivity index (χ4n) is 2.28. The highest BCUT2D eigenvalue weighted by Gasteiger charge is 2.23. The highest BCUT2D eigenvalue weighted by Crippen LogP contribution is 2.27. The van der Waals surface area contributed by atoms with Crippen molar-refractivity contribution >= 4 is 5.91 Å². The molecule has 5 heteroatoms. The van der Waals surface area contributed by atoms with Crippen molar-refractivity contribution in [1.29, 1.82) is 0 Å². The van der Waals surface area contributed by atoms with Crippen LogP contribution in [0.4, 0.5) is 0 Å². The molecule has 2 aromatic rings. The van der Waals surface area contributed by atoms with E-state index in [1.54, 1.807) is 0 Å². The zero-order valence-corrected chi connectivity index (χ0v) is 14.2. The van der Waals surface area contributed by atoms with Gasteiger partial charge in [0.25, 0.3) is 5.91 Å². The van der Waals surface area contributed by atoms with Gasteiger partial charge in [-0.15, -0.1) is 0 Å². The third kappa shape index (κ3) is 3.24. The summed E-state index contributed by atoms with van der Waals surface area (Å²) in [5, 5.41) is 6.92. The lowest BCUT2D eigenvalue weighted by Crippen LogP contribution is -2.23. The molecule has 120 valence electrons. The van der Waals surface area contributed by atoms with E-state index in [4.69, 9.17) is 8.94 Å². The largest absolute Gasteiger partial charge is 0.465 e. The van der Waals surface area contributed by atoms with Gasteiger partial charge in [0, 0.05) is 17.5 Å². The number of nitrogens with one attached hydrogen (secondary N) is 1. The van der Waals surface area contributed by atoms with Crippen LogP contribution in [0.15, 0.2) is 15.0 Å². The van der Waals surface area contributed by atoms with Crippen molar-refractivity contribution in [2.24, 2.45) is 0 Å². The minimum absolute atomic E-state index is 0.121. The molecule has 0 fully saturated rings. The molecular weight excluding hydrogens is 280 g/mol. The maximum Gasteiger partial charge on any atom is 0.255 e. The van der Waals surface area contributed by atoms with Crippen LogP contribution in [0.2, 0.25) is 0 Å². The van der Waals surface area contributed by atoms with Crippen molar-refractivity contribution in [2.45, 2.75) is 59.9 Å².